The van der Waals surface area contributed by atoms with E-state index in [9.17, 15) is 27.5 Å². The molecular weight excluding hydrogens is 631 g/mol. The van der Waals surface area contributed by atoms with Crippen LogP contribution in [0.25, 0.3) is 22.0 Å². The minimum Gasteiger partial charge on any atom is -0.375 e. The highest BCUT2D eigenvalue weighted by molar-refractivity contribution is 7.99. The Kier molecular flexibility index (Phi) is 9.32. The summed E-state index contributed by atoms with van der Waals surface area (Å²) in [6.07, 6.45) is -4.53. The van der Waals surface area contributed by atoms with Gasteiger partial charge < -0.3 is 19.5 Å². The average molecular weight is 661 g/mol. The van der Waals surface area contributed by atoms with Gasteiger partial charge in [0.25, 0.3) is 0 Å². The van der Waals surface area contributed by atoms with Crippen molar-refractivity contribution in [1.82, 2.24) is 14.5 Å². The molecule has 1 unspecified atom stereocenters. The second kappa shape index (κ2) is 12.6. The van der Waals surface area contributed by atoms with Gasteiger partial charge in [0.15, 0.2) is 0 Å². The van der Waals surface area contributed by atoms with Crippen LogP contribution in [-0.4, -0.2) is 77.2 Å². The van der Waals surface area contributed by atoms with Crippen LogP contribution in [-0.2, 0) is 15.7 Å². The van der Waals surface area contributed by atoms with E-state index in [4.69, 9.17) is 21.1 Å². The van der Waals surface area contributed by atoms with Crippen LogP contribution in [0.5, 0.6) is 0 Å². The van der Waals surface area contributed by atoms with Crippen LogP contribution in [0, 0.1) is 11.6 Å². The number of rotatable bonds is 8. The molecular formula is C29H30ClF5N4O4S. The fourth-order valence-corrected chi connectivity index (χ4v) is 7.56. The largest absolute Gasteiger partial charge is 0.417 e. The summed E-state index contributed by atoms with van der Waals surface area (Å²) in [4.78, 5) is 21.5. The van der Waals surface area contributed by atoms with Gasteiger partial charge in [0.1, 0.15) is 30.5 Å². The van der Waals surface area contributed by atoms with E-state index in [1.807, 2.05) is 13.8 Å². The molecule has 5 rings (SSSR count). The third kappa shape index (κ3) is 5.83. The van der Waals surface area contributed by atoms with Crippen molar-refractivity contribution in [2.75, 3.05) is 44.3 Å². The number of methoxy groups -OCH3 is 1. The number of aliphatic hydroxyl groups is 1. The van der Waals surface area contributed by atoms with E-state index in [2.05, 4.69) is 11.6 Å². The maximum Gasteiger partial charge on any atom is 0.417 e. The Hall–Kier alpha value is -2.75. The van der Waals surface area contributed by atoms with E-state index >= 15 is 4.39 Å². The molecule has 15 heteroatoms. The van der Waals surface area contributed by atoms with Gasteiger partial charge in [0, 0.05) is 65.5 Å². The lowest BCUT2D eigenvalue weighted by molar-refractivity contribution is -0.137. The Balaban J connectivity index is 1.82. The average Bonchev–Trinajstić information content (AvgIpc) is 2.95. The molecule has 0 aliphatic carbocycles. The van der Waals surface area contributed by atoms with Crippen molar-refractivity contribution in [3.8, 4) is 11.1 Å². The first-order valence-corrected chi connectivity index (χ1v) is 15.0. The number of ether oxygens (including phenoxy) is 2. The summed E-state index contributed by atoms with van der Waals surface area (Å²) in [6, 6.07) is 0.908. The number of aliphatic hydroxyl groups excluding tert-OH is 1. The molecule has 1 aromatic heterocycles. The van der Waals surface area contributed by atoms with Crippen molar-refractivity contribution in [2.45, 2.75) is 49.3 Å². The highest BCUT2D eigenvalue weighted by Crippen LogP contribution is 2.50. The Morgan fingerprint density at radius 3 is 2.50 bits per heavy atom. The number of alkyl halides is 3. The summed E-state index contributed by atoms with van der Waals surface area (Å²) >= 11 is 6.93. The van der Waals surface area contributed by atoms with Crippen molar-refractivity contribution in [3.05, 3.63) is 63.6 Å². The summed E-state index contributed by atoms with van der Waals surface area (Å²) in [5.41, 5.74) is -2.88. The number of halogens is 6. The molecule has 2 aliphatic rings. The Morgan fingerprint density at radius 2 is 1.89 bits per heavy atom. The van der Waals surface area contributed by atoms with E-state index in [0.717, 1.165) is 23.9 Å². The number of benzene rings is 2. The number of thioether (sulfide) groups is 1. The van der Waals surface area contributed by atoms with E-state index in [0.29, 0.717) is 6.07 Å². The highest BCUT2D eigenvalue weighted by Gasteiger charge is 2.41. The molecule has 1 saturated heterocycles. The Bertz CT molecular complexity index is 1640. The third-order valence-corrected chi connectivity index (χ3v) is 9.36. The predicted octanol–water partition coefficient (Wildman–Crippen LogP) is 5.68. The van der Waals surface area contributed by atoms with Gasteiger partial charge in [0.05, 0.1) is 28.8 Å². The Morgan fingerprint density at radius 1 is 1.20 bits per heavy atom. The van der Waals surface area contributed by atoms with E-state index < -0.39 is 57.5 Å². The molecule has 3 aromatic rings. The summed E-state index contributed by atoms with van der Waals surface area (Å²) in [5.74, 6) is -2.22. The molecule has 0 bridgehead atoms. The normalized spacial score (nSPS) is 21.6. The lowest BCUT2D eigenvalue weighted by Gasteiger charge is -2.46. The lowest BCUT2D eigenvalue weighted by Crippen LogP contribution is -2.60. The van der Waals surface area contributed by atoms with E-state index in [1.165, 1.54) is 17.8 Å². The van der Waals surface area contributed by atoms with Crippen LogP contribution in [0.4, 0.5) is 27.8 Å². The molecule has 0 spiro atoms. The number of anilines is 1. The van der Waals surface area contributed by atoms with Gasteiger partial charge in [-0.1, -0.05) is 18.2 Å². The lowest BCUT2D eigenvalue weighted by atomic mass is 9.95. The van der Waals surface area contributed by atoms with Gasteiger partial charge in [-0.3, -0.25) is 9.47 Å². The molecule has 0 amide bonds. The zero-order valence-corrected chi connectivity index (χ0v) is 25.6. The SMILES string of the molecule is C=CC(O)N1[C@H](C)CN(c2nc(=O)n3c4c(c(-c5cc(Cl)c(F)cc5F)c(C(F)(F)F)cc24)SC[C@@H]3COCOC)C[C@@H]1C. The van der Waals surface area contributed by atoms with E-state index in [-0.39, 0.29) is 65.9 Å². The van der Waals surface area contributed by atoms with Crippen LogP contribution in [0.3, 0.4) is 0 Å². The van der Waals surface area contributed by atoms with Crippen molar-refractivity contribution in [3.63, 3.8) is 0 Å². The summed E-state index contributed by atoms with van der Waals surface area (Å²) in [6.45, 7) is 7.70. The first-order valence-electron chi connectivity index (χ1n) is 13.7. The molecule has 0 saturated carbocycles. The van der Waals surface area contributed by atoms with Crippen molar-refractivity contribution < 1.29 is 36.5 Å². The molecule has 1 N–H and O–H groups in total. The molecule has 3 heterocycles. The van der Waals surface area contributed by atoms with Crippen molar-refractivity contribution in [1.29, 1.82) is 0 Å². The molecule has 44 heavy (non-hydrogen) atoms. The number of hydrogen-bond donors (Lipinski definition) is 1. The molecule has 4 atom stereocenters. The molecule has 238 valence electrons. The first kappa shape index (κ1) is 32.6. The van der Waals surface area contributed by atoms with Crippen molar-refractivity contribution in [2.24, 2.45) is 0 Å². The molecule has 0 radical (unpaired) electrons. The zero-order valence-electron chi connectivity index (χ0n) is 24.0. The van der Waals surface area contributed by atoms with Crippen LogP contribution < -0.4 is 10.6 Å². The maximum atomic E-state index is 15.2. The fourth-order valence-electron chi connectivity index (χ4n) is 6.08. The Labute approximate surface area is 259 Å². The van der Waals surface area contributed by atoms with Crippen LogP contribution in [0.2, 0.25) is 5.02 Å². The predicted molar refractivity (Wildman–Crippen MR) is 158 cm³/mol. The van der Waals surface area contributed by atoms with E-state index in [1.54, 1.807) is 9.80 Å². The highest BCUT2D eigenvalue weighted by atomic mass is 35.5. The smallest absolute Gasteiger partial charge is 0.375 e. The summed E-state index contributed by atoms with van der Waals surface area (Å²) in [7, 11) is 1.43. The van der Waals surface area contributed by atoms with Gasteiger partial charge in [-0.15, -0.1) is 11.8 Å². The number of hydrogen-bond acceptors (Lipinski definition) is 8. The van der Waals surface area contributed by atoms with Gasteiger partial charge in [-0.25, -0.2) is 13.6 Å². The number of aromatic nitrogens is 2. The van der Waals surface area contributed by atoms with Crippen LogP contribution in [0.1, 0.15) is 25.5 Å². The van der Waals surface area contributed by atoms with Gasteiger partial charge in [-0.2, -0.15) is 18.2 Å². The summed E-state index contributed by atoms with van der Waals surface area (Å²) in [5, 5.41) is 9.94. The third-order valence-electron chi connectivity index (χ3n) is 7.83. The maximum absolute atomic E-state index is 15.2. The fraction of sp³-hybridized carbons (Fsp3) is 0.448. The standard InChI is InChI=1S/C29H30ClF5N4O4S/c1-5-23(40)38-14(2)9-37(10-15(38)3)27-18-6-19(29(33,34)35)24(17-7-20(30)22(32)8-21(17)31)26-25(18)39(28(41)36-27)16(12-44-26)11-43-13-42-4/h5-8,14-16,23,40H,1,9-13H2,2-4H3/t14-,15+,16-,23?/m0/s1. The van der Waals surface area contributed by atoms with Crippen LogP contribution >= 0.6 is 23.4 Å². The number of nitrogens with zero attached hydrogens (tertiary/aromatic N) is 4. The van der Waals surface area contributed by atoms with Gasteiger partial charge in [-0.05, 0) is 32.1 Å². The number of piperazine rings is 1. The van der Waals surface area contributed by atoms with Gasteiger partial charge >= 0.3 is 11.9 Å². The van der Waals surface area contributed by atoms with Crippen LogP contribution in [0.15, 0.2) is 40.5 Å². The molecule has 2 aromatic carbocycles. The molecule has 1 fully saturated rings. The first-order chi connectivity index (χ1) is 20.8. The molecule has 2 aliphatic heterocycles. The summed E-state index contributed by atoms with van der Waals surface area (Å²) < 4.78 is 85.5. The monoisotopic (exact) mass is 660 g/mol. The topological polar surface area (TPSA) is 80.1 Å². The second-order valence-electron chi connectivity index (χ2n) is 10.8. The minimum absolute atomic E-state index is 0.00437. The second-order valence-corrected chi connectivity index (χ2v) is 12.2. The minimum atomic E-state index is -4.97. The quantitative estimate of drug-likeness (QED) is 0.109. The van der Waals surface area contributed by atoms with Gasteiger partial charge in [0.2, 0.25) is 0 Å². The molecule has 8 nitrogen and oxygen atoms in total. The zero-order chi connectivity index (χ0) is 32.1. The van der Waals surface area contributed by atoms with Crippen molar-refractivity contribution >= 4 is 40.1 Å².